The average molecular weight is 581 g/mol. The van der Waals surface area contributed by atoms with Crippen molar-refractivity contribution in [2.75, 3.05) is 0 Å². The van der Waals surface area contributed by atoms with Crippen molar-refractivity contribution in [3.05, 3.63) is 155 Å². The molecule has 2 aromatic heterocycles. The maximum atomic E-state index is 11.8. The van der Waals surface area contributed by atoms with Gasteiger partial charge in [-0.15, -0.1) is 0 Å². The summed E-state index contributed by atoms with van der Waals surface area (Å²) in [5.41, 5.74) is 5.61. The van der Waals surface area contributed by atoms with Crippen LogP contribution in [-0.2, 0) is 23.7 Å². The van der Waals surface area contributed by atoms with Crippen molar-refractivity contribution in [1.82, 2.24) is 19.1 Å². The average Bonchev–Trinajstić information content (AvgIpc) is 3.65. The molecule has 6 heteroatoms. The Morgan fingerprint density at radius 3 is 1.30 bits per heavy atom. The van der Waals surface area contributed by atoms with Crippen molar-refractivity contribution >= 4 is 0 Å². The van der Waals surface area contributed by atoms with Crippen LogP contribution in [0, 0.1) is 0 Å². The van der Waals surface area contributed by atoms with E-state index in [0.717, 1.165) is 56.7 Å². The topological polar surface area (TPSA) is 76.1 Å². The molecule has 1 aliphatic heterocycles. The first-order valence-corrected chi connectivity index (χ1v) is 15.1. The summed E-state index contributed by atoms with van der Waals surface area (Å²) in [5, 5.41) is 23.6. The highest BCUT2D eigenvalue weighted by atomic mass is 16.3. The molecule has 7 rings (SSSR count). The summed E-state index contributed by atoms with van der Waals surface area (Å²) in [4.78, 5) is 10.4. The predicted octanol–water partition coefficient (Wildman–Crippen LogP) is 7.62. The first kappa shape index (κ1) is 27.7. The van der Waals surface area contributed by atoms with Gasteiger partial charge in [-0.1, -0.05) is 72.8 Å². The fraction of sp³-hybridized carbons (Fsp3) is 0.211. The maximum Gasteiger partial charge on any atom is 0.123 e. The molecule has 0 saturated carbocycles. The van der Waals surface area contributed by atoms with Crippen LogP contribution < -0.4 is 0 Å². The quantitative estimate of drug-likeness (QED) is 0.221. The number of hydrogen-bond acceptors (Lipinski definition) is 4. The monoisotopic (exact) mass is 580 g/mol. The number of para-hydroxylation sites is 4. The highest BCUT2D eigenvalue weighted by Crippen LogP contribution is 2.42. The molecule has 0 unspecified atom stereocenters. The lowest BCUT2D eigenvalue weighted by atomic mass is 9.80. The zero-order chi connectivity index (χ0) is 30.6. The van der Waals surface area contributed by atoms with E-state index in [1.807, 2.05) is 72.8 Å². The molecule has 3 heterocycles. The van der Waals surface area contributed by atoms with Crippen LogP contribution in [0.5, 0.6) is 11.5 Å². The van der Waals surface area contributed by atoms with Gasteiger partial charge in [0.05, 0.1) is 11.4 Å². The SMILES string of the molecule is CC1(C)c2cn(-c3ccccc3)c(n2)Cc2cccc(c2O)C(C)(C)c2cn(-c3ccccc3)c(n2)Cc2cccc1c2O. The molecule has 0 saturated heterocycles. The Labute approximate surface area is 257 Å². The van der Waals surface area contributed by atoms with Crippen LogP contribution in [0.15, 0.2) is 109 Å². The van der Waals surface area contributed by atoms with Gasteiger partial charge >= 0.3 is 0 Å². The van der Waals surface area contributed by atoms with Gasteiger partial charge in [0.15, 0.2) is 0 Å². The minimum atomic E-state index is -0.613. The van der Waals surface area contributed by atoms with Crippen molar-refractivity contribution in [3.63, 3.8) is 0 Å². The van der Waals surface area contributed by atoms with Crippen LogP contribution in [0.1, 0.15) is 73.0 Å². The number of hydrogen-bond donors (Lipinski definition) is 2. The highest BCUT2D eigenvalue weighted by Gasteiger charge is 2.34. The van der Waals surface area contributed by atoms with Gasteiger partial charge in [-0.25, -0.2) is 9.97 Å². The molecule has 2 N–H and O–H groups in total. The van der Waals surface area contributed by atoms with E-state index in [1.54, 1.807) is 0 Å². The van der Waals surface area contributed by atoms with Crippen LogP contribution >= 0.6 is 0 Å². The minimum absolute atomic E-state index is 0.256. The summed E-state index contributed by atoms with van der Waals surface area (Å²) in [7, 11) is 0. The zero-order valence-corrected chi connectivity index (χ0v) is 25.5. The lowest BCUT2D eigenvalue weighted by Gasteiger charge is -2.26. The number of imidazole rings is 2. The van der Waals surface area contributed by atoms with Crippen LogP contribution in [-0.4, -0.2) is 29.3 Å². The number of aromatic nitrogens is 4. The molecule has 0 aliphatic carbocycles. The molecule has 0 spiro atoms. The van der Waals surface area contributed by atoms with E-state index in [0.29, 0.717) is 12.8 Å². The lowest BCUT2D eigenvalue weighted by Crippen LogP contribution is -2.21. The van der Waals surface area contributed by atoms with Gasteiger partial charge in [0.25, 0.3) is 0 Å². The van der Waals surface area contributed by atoms with E-state index in [1.165, 1.54) is 0 Å². The normalized spacial score (nSPS) is 15.2. The van der Waals surface area contributed by atoms with E-state index in [-0.39, 0.29) is 11.5 Å². The standard InChI is InChI=1S/C38H36N4O2/c1-37(2)29-19-11-13-25(35(29)43)21-34-40-32(24-42(34)28-17-9-6-10-18-28)38(3,4)30-20-12-14-26(36(30)44)22-33-39-31(37)23-41(33)27-15-7-5-8-16-27/h5-20,23-24,43-44H,21-22H2,1-4H3. The van der Waals surface area contributed by atoms with Crippen molar-refractivity contribution in [2.24, 2.45) is 0 Å². The van der Waals surface area contributed by atoms with Gasteiger partial charge in [-0.05, 0) is 52.0 Å². The van der Waals surface area contributed by atoms with E-state index in [9.17, 15) is 10.2 Å². The first-order chi connectivity index (χ1) is 21.1. The van der Waals surface area contributed by atoms with Crippen molar-refractivity contribution < 1.29 is 10.2 Å². The maximum absolute atomic E-state index is 11.8. The molecule has 6 nitrogen and oxygen atoms in total. The van der Waals surface area contributed by atoms with Gasteiger partial charge in [0.1, 0.15) is 23.1 Å². The molecule has 220 valence electrons. The number of aromatic hydroxyl groups is 2. The molecule has 44 heavy (non-hydrogen) atoms. The third kappa shape index (κ3) is 4.49. The summed E-state index contributed by atoms with van der Waals surface area (Å²) in [5.74, 6) is 2.13. The Kier molecular flexibility index (Phi) is 6.47. The van der Waals surface area contributed by atoms with Crippen molar-refractivity contribution in [1.29, 1.82) is 0 Å². The molecule has 8 bridgehead atoms. The summed E-state index contributed by atoms with van der Waals surface area (Å²) < 4.78 is 4.20. The number of nitrogens with zero attached hydrogens (tertiary/aromatic N) is 4. The molecular weight excluding hydrogens is 544 g/mol. The Bertz CT molecular complexity index is 1840. The van der Waals surface area contributed by atoms with E-state index in [2.05, 4.69) is 73.5 Å². The third-order valence-electron chi connectivity index (χ3n) is 9.19. The zero-order valence-electron chi connectivity index (χ0n) is 25.5. The molecule has 0 amide bonds. The molecule has 0 radical (unpaired) electrons. The Hall–Kier alpha value is -5.10. The number of fused-ring (bicyclic) bond motifs is 8. The number of rotatable bonds is 2. The fourth-order valence-corrected chi connectivity index (χ4v) is 6.41. The molecule has 6 aromatic rings. The first-order valence-electron chi connectivity index (χ1n) is 15.1. The fourth-order valence-electron chi connectivity index (χ4n) is 6.41. The Morgan fingerprint density at radius 1 is 0.523 bits per heavy atom. The highest BCUT2D eigenvalue weighted by molar-refractivity contribution is 5.53. The number of phenolic OH excluding ortho intramolecular Hbond substituents is 2. The number of benzene rings is 4. The molecule has 1 aliphatic rings. The second-order valence-electron chi connectivity index (χ2n) is 12.7. The van der Waals surface area contributed by atoms with Gasteiger partial charge in [0, 0.05) is 69.7 Å². The van der Waals surface area contributed by atoms with Gasteiger partial charge in [-0.3, -0.25) is 0 Å². The van der Waals surface area contributed by atoms with Gasteiger partial charge in [0.2, 0.25) is 0 Å². The van der Waals surface area contributed by atoms with Crippen LogP contribution in [0.4, 0.5) is 0 Å². The number of phenols is 2. The van der Waals surface area contributed by atoms with Crippen molar-refractivity contribution in [2.45, 2.75) is 51.4 Å². The Morgan fingerprint density at radius 2 is 0.909 bits per heavy atom. The van der Waals surface area contributed by atoms with Gasteiger partial charge in [-0.2, -0.15) is 0 Å². The minimum Gasteiger partial charge on any atom is -0.507 e. The largest absolute Gasteiger partial charge is 0.507 e. The molecular formula is C38H36N4O2. The summed E-state index contributed by atoms with van der Waals surface area (Å²) in [6.07, 6.45) is 4.98. The summed E-state index contributed by atoms with van der Waals surface area (Å²) >= 11 is 0. The molecule has 0 fully saturated rings. The summed E-state index contributed by atoms with van der Waals surface area (Å²) in [6, 6.07) is 32.2. The molecule has 4 aromatic carbocycles. The molecule has 0 atom stereocenters. The second kappa shape index (κ2) is 10.3. The van der Waals surface area contributed by atoms with Crippen LogP contribution in [0.25, 0.3) is 11.4 Å². The van der Waals surface area contributed by atoms with E-state index in [4.69, 9.17) is 9.97 Å². The van der Waals surface area contributed by atoms with E-state index >= 15 is 0 Å². The van der Waals surface area contributed by atoms with Crippen molar-refractivity contribution in [3.8, 4) is 22.9 Å². The van der Waals surface area contributed by atoms with Crippen LogP contribution in [0.2, 0.25) is 0 Å². The second-order valence-corrected chi connectivity index (χ2v) is 12.7. The lowest BCUT2D eigenvalue weighted by molar-refractivity contribution is 0.444. The van der Waals surface area contributed by atoms with E-state index < -0.39 is 10.8 Å². The third-order valence-corrected chi connectivity index (χ3v) is 9.19. The Balaban J connectivity index is 1.50. The predicted molar refractivity (Wildman–Crippen MR) is 173 cm³/mol. The smallest absolute Gasteiger partial charge is 0.123 e. The van der Waals surface area contributed by atoms with Gasteiger partial charge < -0.3 is 19.3 Å². The summed E-state index contributed by atoms with van der Waals surface area (Å²) in [6.45, 7) is 8.39. The van der Waals surface area contributed by atoms with Crippen LogP contribution in [0.3, 0.4) is 0 Å².